The normalized spacial score (nSPS) is 24.9. The molecule has 0 radical (unpaired) electrons. The first-order valence-corrected chi connectivity index (χ1v) is 16.4. The summed E-state index contributed by atoms with van der Waals surface area (Å²) in [5, 5.41) is 9.05. The Morgan fingerprint density at radius 1 is 1.11 bits per heavy atom. The number of aromatic amines is 1. The van der Waals surface area contributed by atoms with Crippen molar-refractivity contribution in [1.82, 2.24) is 25.9 Å². The van der Waals surface area contributed by atoms with Gasteiger partial charge in [0.2, 0.25) is 11.8 Å². The minimum atomic E-state index is -0.984. The Labute approximate surface area is 267 Å². The summed E-state index contributed by atoms with van der Waals surface area (Å²) < 4.78 is 25.3. The molecular weight excluding hydrogens is 589 g/mol. The maximum Gasteiger partial charge on any atom is 0.407 e. The fraction of sp³-hybridized carbons (Fsp3) is 0.543. The SMILES string of the molecule is CCNC(=O)[C@H](NC(=O)C1(c2ccc3[nH]c([C@@H](NC(=O)OC)[C@H]4c5cc(F)ccc5CC45CC5)nc3c2)CCOC1)C1(C)CCC1. The second-order valence-electron chi connectivity index (χ2n) is 14.0. The van der Waals surface area contributed by atoms with Gasteiger partial charge in [0.1, 0.15) is 17.7 Å². The molecule has 1 unspecified atom stereocenters. The van der Waals surface area contributed by atoms with Gasteiger partial charge in [-0.2, -0.15) is 0 Å². The van der Waals surface area contributed by atoms with Crippen molar-refractivity contribution in [2.75, 3.05) is 26.9 Å². The summed E-state index contributed by atoms with van der Waals surface area (Å²) in [5.74, 6) is -0.339. The highest BCUT2D eigenvalue weighted by Crippen LogP contribution is 2.66. The molecule has 4 atom stereocenters. The van der Waals surface area contributed by atoms with Gasteiger partial charge in [0.25, 0.3) is 0 Å². The van der Waals surface area contributed by atoms with E-state index in [0.717, 1.165) is 60.7 Å². The van der Waals surface area contributed by atoms with Crippen molar-refractivity contribution < 1.29 is 28.2 Å². The number of ether oxygens (including phenoxy) is 2. The van der Waals surface area contributed by atoms with Crippen LogP contribution in [-0.4, -0.2) is 60.8 Å². The number of halogens is 1. The van der Waals surface area contributed by atoms with E-state index in [1.165, 1.54) is 13.2 Å². The Morgan fingerprint density at radius 3 is 2.57 bits per heavy atom. The number of fused-ring (bicyclic) bond motifs is 2. The van der Waals surface area contributed by atoms with E-state index in [0.29, 0.717) is 30.9 Å². The molecule has 1 aromatic heterocycles. The minimum absolute atomic E-state index is 0.0764. The fourth-order valence-electron chi connectivity index (χ4n) is 8.21. The van der Waals surface area contributed by atoms with E-state index >= 15 is 0 Å². The van der Waals surface area contributed by atoms with Crippen molar-refractivity contribution in [3.05, 3.63) is 64.7 Å². The summed E-state index contributed by atoms with van der Waals surface area (Å²) in [6, 6.07) is 9.42. The van der Waals surface area contributed by atoms with Crippen LogP contribution in [-0.2, 0) is 30.9 Å². The molecule has 4 N–H and O–H groups in total. The predicted molar refractivity (Wildman–Crippen MR) is 169 cm³/mol. The highest BCUT2D eigenvalue weighted by molar-refractivity contribution is 5.95. The Morgan fingerprint density at radius 2 is 1.91 bits per heavy atom. The second kappa shape index (κ2) is 11.4. The van der Waals surface area contributed by atoms with Crippen molar-refractivity contribution in [3.63, 3.8) is 0 Å². The largest absolute Gasteiger partial charge is 0.453 e. The van der Waals surface area contributed by atoms with Crippen LogP contribution in [0, 0.1) is 16.6 Å². The number of H-pyrrole nitrogens is 1. The topological polar surface area (TPSA) is 134 Å². The molecule has 2 heterocycles. The molecule has 7 rings (SSSR count). The lowest BCUT2D eigenvalue weighted by atomic mass is 9.65. The second-order valence-corrected chi connectivity index (χ2v) is 14.0. The molecule has 2 aromatic carbocycles. The molecule has 3 aliphatic carbocycles. The molecule has 3 fully saturated rings. The van der Waals surface area contributed by atoms with Crippen LogP contribution in [0.3, 0.4) is 0 Å². The first kappa shape index (κ1) is 30.7. The molecule has 1 saturated heterocycles. The average Bonchev–Trinajstić information content (AvgIpc) is 3.35. The van der Waals surface area contributed by atoms with Gasteiger partial charge in [0.05, 0.1) is 36.2 Å². The number of aromatic nitrogens is 2. The van der Waals surface area contributed by atoms with Gasteiger partial charge in [-0.05, 0) is 97.2 Å². The predicted octanol–water partition coefficient (Wildman–Crippen LogP) is 4.69. The zero-order chi connectivity index (χ0) is 32.3. The first-order valence-electron chi connectivity index (χ1n) is 16.4. The summed E-state index contributed by atoms with van der Waals surface area (Å²) in [7, 11) is 1.32. The monoisotopic (exact) mass is 631 g/mol. The maximum atomic E-state index is 14.5. The number of alkyl carbamates (subject to hydrolysis) is 1. The van der Waals surface area contributed by atoms with E-state index in [1.54, 1.807) is 6.07 Å². The molecule has 10 nitrogen and oxygen atoms in total. The van der Waals surface area contributed by atoms with Crippen LogP contribution >= 0.6 is 0 Å². The molecule has 244 valence electrons. The molecule has 4 aliphatic rings. The smallest absolute Gasteiger partial charge is 0.407 e. The van der Waals surface area contributed by atoms with E-state index < -0.39 is 23.6 Å². The third-order valence-electron chi connectivity index (χ3n) is 11.2. The van der Waals surface area contributed by atoms with Crippen molar-refractivity contribution in [2.45, 2.75) is 82.2 Å². The Bertz CT molecular complexity index is 1690. The number of hydrogen-bond donors (Lipinski definition) is 4. The molecule has 11 heteroatoms. The maximum absolute atomic E-state index is 14.5. The minimum Gasteiger partial charge on any atom is -0.453 e. The molecular formula is C35H42FN5O5. The number of nitrogens with one attached hydrogen (secondary N) is 4. The third kappa shape index (κ3) is 5.03. The lowest BCUT2D eigenvalue weighted by molar-refractivity contribution is -0.136. The van der Waals surface area contributed by atoms with Gasteiger partial charge in [-0.15, -0.1) is 0 Å². The molecule has 1 spiro atoms. The van der Waals surface area contributed by atoms with E-state index in [4.69, 9.17) is 14.5 Å². The number of carbonyl (C=O) groups excluding carboxylic acids is 3. The number of imidazole rings is 1. The number of nitrogens with zero attached hydrogens (tertiary/aromatic N) is 1. The summed E-state index contributed by atoms with van der Waals surface area (Å²) >= 11 is 0. The van der Waals surface area contributed by atoms with Gasteiger partial charge in [-0.25, -0.2) is 14.2 Å². The van der Waals surface area contributed by atoms with Crippen molar-refractivity contribution >= 4 is 28.9 Å². The fourth-order valence-corrected chi connectivity index (χ4v) is 8.21. The highest BCUT2D eigenvalue weighted by atomic mass is 19.1. The van der Waals surface area contributed by atoms with Gasteiger partial charge < -0.3 is 30.4 Å². The number of hydrogen-bond acceptors (Lipinski definition) is 6. The molecule has 3 amide bonds. The lowest BCUT2D eigenvalue weighted by Gasteiger charge is -2.45. The summed E-state index contributed by atoms with van der Waals surface area (Å²) in [4.78, 5) is 48.4. The van der Waals surface area contributed by atoms with Gasteiger partial charge in [-0.1, -0.05) is 25.5 Å². The molecule has 2 saturated carbocycles. The van der Waals surface area contributed by atoms with Crippen molar-refractivity contribution in [2.24, 2.45) is 10.8 Å². The van der Waals surface area contributed by atoms with Crippen molar-refractivity contribution in [1.29, 1.82) is 0 Å². The standard InChI is InChI=1S/C35H42FN5O5/c1-4-37-30(42)28(33(2)10-5-11-33)41-31(43)35(14-15-46-19-35)21-7-9-24-25(16-21)39-29(38-24)27(40-32(44)45-3)26-23-17-22(36)8-6-20(23)18-34(26)12-13-34/h6-9,16-17,26-28H,4-5,10-15,18-19H2,1-3H3,(H,37,42)(H,38,39)(H,40,44)(H,41,43)/t26-,27+,28+,35?/m1/s1. The summed E-state index contributed by atoms with van der Waals surface area (Å²) in [5.41, 5.74) is 2.76. The number of carbonyl (C=O) groups is 3. The number of methoxy groups -OCH3 is 1. The Hall–Kier alpha value is -3.99. The Kier molecular flexibility index (Phi) is 7.57. The summed E-state index contributed by atoms with van der Waals surface area (Å²) in [6.07, 6.45) is 5.44. The Balaban J connectivity index is 1.24. The zero-order valence-electron chi connectivity index (χ0n) is 26.6. The van der Waals surface area contributed by atoms with Crippen LogP contribution in [0.5, 0.6) is 0 Å². The van der Waals surface area contributed by atoms with Crippen LogP contribution in [0.2, 0.25) is 0 Å². The van der Waals surface area contributed by atoms with Gasteiger partial charge in [0.15, 0.2) is 0 Å². The van der Waals surface area contributed by atoms with Gasteiger partial charge in [-0.3, -0.25) is 9.59 Å². The lowest BCUT2D eigenvalue weighted by Crippen LogP contribution is -2.61. The van der Waals surface area contributed by atoms with Crippen LogP contribution < -0.4 is 16.0 Å². The average molecular weight is 632 g/mol. The third-order valence-corrected chi connectivity index (χ3v) is 11.2. The van der Waals surface area contributed by atoms with Crippen LogP contribution in [0.4, 0.5) is 9.18 Å². The van der Waals surface area contributed by atoms with E-state index in [1.807, 2.05) is 31.2 Å². The van der Waals surface area contributed by atoms with E-state index in [2.05, 4.69) is 27.9 Å². The van der Waals surface area contributed by atoms with E-state index in [9.17, 15) is 18.8 Å². The van der Waals surface area contributed by atoms with Gasteiger partial charge >= 0.3 is 6.09 Å². The quantitative estimate of drug-likeness (QED) is 0.271. The van der Waals surface area contributed by atoms with Crippen molar-refractivity contribution in [3.8, 4) is 0 Å². The number of benzene rings is 2. The molecule has 0 bridgehead atoms. The number of likely N-dealkylation sites (N-methyl/N-ethyl adjacent to an activating group) is 1. The van der Waals surface area contributed by atoms with Gasteiger partial charge in [0, 0.05) is 19.1 Å². The number of amides is 3. The van der Waals surface area contributed by atoms with Crippen LogP contribution in [0.25, 0.3) is 11.0 Å². The summed E-state index contributed by atoms with van der Waals surface area (Å²) in [6.45, 7) is 5.04. The zero-order valence-corrected chi connectivity index (χ0v) is 26.6. The molecule has 3 aromatic rings. The molecule has 1 aliphatic heterocycles. The number of rotatable bonds is 9. The van der Waals surface area contributed by atoms with Crippen LogP contribution in [0.1, 0.15) is 86.8 Å². The highest BCUT2D eigenvalue weighted by Gasteiger charge is 2.58. The van der Waals surface area contributed by atoms with E-state index in [-0.39, 0.29) is 41.0 Å². The first-order chi connectivity index (χ1) is 22.1. The molecule has 46 heavy (non-hydrogen) atoms. The van der Waals surface area contributed by atoms with Crippen LogP contribution in [0.15, 0.2) is 36.4 Å².